The highest BCUT2D eigenvalue weighted by Crippen LogP contribution is 1.99. The molecule has 0 aliphatic carbocycles. The molecular weight excluding hydrogens is 150 g/mol. The van der Waals surface area contributed by atoms with Crippen molar-refractivity contribution in [2.24, 2.45) is 0 Å². The first-order valence-corrected chi connectivity index (χ1v) is 4.30. The zero-order valence-corrected chi connectivity index (χ0v) is 7.72. The quantitative estimate of drug-likeness (QED) is 0.609. The summed E-state index contributed by atoms with van der Waals surface area (Å²) >= 11 is 0. The van der Waals surface area contributed by atoms with E-state index in [-0.39, 0.29) is 12.3 Å². The van der Waals surface area contributed by atoms with Gasteiger partial charge in [-0.2, -0.15) is 0 Å². The lowest BCUT2D eigenvalue weighted by molar-refractivity contribution is -0.234. The molecular formula is C5H15NO3Si. The Hall–Kier alpha value is -0.423. The second kappa shape index (κ2) is 6.69. The maximum atomic E-state index is 9.98. The fourth-order valence-electron chi connectivity index (χ4n) is 0.591. The molecule has 0 saturated carbocycles. The van der Waals surface area contributed by atoms with Gasteiger partial charge in [0, 0.05) is 6.10 Å². The van der Waals surface area contributed by atoms with Crippen LogP contribution in [0.4, 0.5) is 0 Å². The van der Waals surface area contributed by atoms with Crippen LogP contribution >= 0.6 is 0 Å². The minimum atomic E-state index is -2.96. The van der Waals surface area contributed by atoms with E-state index in [1.807, 2.05) is 13.8 Å². The van der Waals surface area contributed by atoms with Crippen molar-refractivity contribution in [2.75, 3.05) is 0 Å². The molecule has 0 aromatic rings. The van der Waals surface area contributed by atoms with Crippen LogP contribution in [0.1, 0.15) is 26.7 Å². The zero-order chi connectivity index (χ0) is 7.28. The first-order chi connectivity index (χ1) is 4.20. The first-order valence-electron chi connectivity index (χ1n) is 3.08. The van der Waals surface area contributed by atoms with Crippen molar-refractivity contribution < 1.29 is 13.7 Å². The van der Waals surface area contributed by atoms with E-state index in [1.54, 1.807) is 0 Å². The molecule has 0 radical (unpaired) electrons. The fraction of sp³-hybridized carbons (Fsp3) is 1.00. The van der Waals surface area contributed by atoms with Crippen LogP contribution in [0, 0.1) is 0 Å². The van der Waals surface area contributed by atoms with Crippen molar-refractivity contribution in [1.82, 2.24) is 6.15 Å². The highest BCUT2D eigenvalue weighted by Gasteiger charge is 1.99. The third kappa shape index (κ3) is 5.71. The summed E-state index contributed by atoms with van der Waals surface area (Å²) < 4.78 is 14.5. The molecule has 0 fully saturated rings. The van der Waals surface area contributed by atoms with Crippen molar-refractivity contribution in [3.63, 3.8) is 0 Å². The molecule has 0 bridgehead atoms. The van der Waals surface area contributed by atoms with Crippen LogP contribution in [0.3, 0.4) is 0 Å². The molecule has 0 amide bonds. The number of hydrogen-bond donors (Lipinski definition) is 1. The Balaban J connectivity index is 0. The second-order valence-electron chi connectivity index (χ2n) is 1.81. The Morgan fingerprint density at radius 3 is 2.00 bits per heavy atom. The van der Waals surface area contributed by atoms with Gasteiger partial charge >= 0.3 is 9.17 Å². The second-order valence-corrected chi connectivity index (χ2v) is 2.54. The van der Waals surface area contributed by atoms with Crippen LogP contribution < -0.4 is 10.9 Å². The van der Waals surface area contributed by atoms with Gasteiger partial charge in [0.25, 0.3) is 0 Å². The molecule has 10 heavy (non-hydrogen) atoms. The summed E-state index contributed by atoms with van der Waals surface area (Å²) in [4.78, 5) is 9.98. The van der Waals surface area contributed by atoms with Gasteiger partial charge in [-0.3, -0.25) is 0 Å². The van der Waals surface area contributed by atoms with Gasteiger partial charge in [0.1, 0.15) is 0 Å². The lowest BCUT2D eigenvalue weighted by Crippen LogP contribution is -2.29. The summed E-state index contributed by atoms with van der Waals surface area (Å²) in [5, 5.41) is 0. The van der Waals surface area contributed by atoms with E-state index in [0.717, 1.165) is 12.8 Å². The fourth-order valence-corrected chi connectivity index (χ4v) is 1.20. The minimum Gasteiger partial charge on any atom is -0.585 e. The van der Waals surface area contributed by atoms with Crippen LogP contribution in [-0.2, 0) is 8.89 Å². The van der Waals surface area contributed by atoms with Gasteiger partial charge in [0.15, 0.2) is 0 Å². The van der Waals surface area contributed by atoms with E-state index >= 15 is 0 Å². The maximum absolute atomic E-state index is 9.98. The number of quaternary nitrogens is 1. The maximum Gasteiger partial charge on any atom is 0.413 e. The minimum absolute atomic E-state index is 0. The topological polar surface area (TPSA) is 85.9 Å². The van der Waals surface area contributed by atoms with Crippen molar-refractivity contribution in [2.45, 2.75) is 32.8 Å². The normalized spacial score (nSPS) is 8.70. The molecule has 0 heterocycles. The Labute approximate surface area is 62.7 Å². The Morgan fingerprint density at radius 1 is 1.50 bits per heavy atom. The van der Waals surface area contributed by atoms with Crippen LogP contribution in [0.2, 0.25) is 0 Å². The van der Waals surface area contributed by atoms with Gasteiger partial charge in [-0.05, 0) is 12.8 Å². The summed E-state index contributed by atoms with van der Waals surface area (Å²) in [6.07, 6.45) is 1.42. The van der Waals surface area contributed by atoms with E-state index < -0.39 is 9.17 Å². The summed E-state index contributed by atoms with van der Waals surface area (Å²) in [5.41, 5.74) is 0. The predicted octanol–water partition coefficient (Wildman–Crippen LogP) is 0.343. The summed E-state index contributed by atoms with van der Waals surface area (Å²) in [6, 6.07) is 0. The molecule has 0 unspecified atom stereocenters. The molecule has 4 N–H and O–H groups in total. The van der Waals surface area contributed by atoms with Crippen LogP contribution in [-0.4, -0.2) is 15.3 Å². The average Bonchev–Trinajstić information content (AvgIpc) is 1.82. The zero-order valence-electron chi connectivity index (χ0n) is 6.72. The Bertz CT molecular complexity index is 94.9. The average molecular weight is 165 g/mol. The van der Waals surface area contributed by atoms with E-state index in [4.69, 9.17) is 0 Å². The summed E-state index contributed by atoms with van der Waals surface area (Å²) in [5.74, 6) is 0. The van der Waals surface area contributed by atoms with Gasteiger partial charge in [-0.1, -0.05) is 13.8 Å². The monoisotopic (exact) mass is 165 g/mol. The largest absolute Gasteiger partial charge is 0.585 e. The van der Waals surface area contributed by atoms with Gasteiger partial charge in [0.2, 0.25) is 0 Å². The molecule has 5 heteroatoms. The van der Waals surface area contributed by atoms with Crippen molar-refractivity contribution in [3.05, 3.63) is 0 Å². The highest BCUT2D eigenvalue weighted by atomic mass is 28.3. The van der Waals surface area contributed by atoms with Gasteiger partial charge in [-0.15, -0.1) is 0 Å². The summed E-state index contributed by atoms with van der Waals surface area (Å²) in [6.45, 7) is 3.80. The number of rotatable bonds is 4. The predicted molar refractivity (Wildman–Crippen MR) is 37.9 cm³/mol. The molecule has 0 rings (SSSR count). The highest BCUT2D eigenvalue weighted by molar-refractivity contribution is 6.21. The van der Waals surface area contributed by atoms with E-state index in [1.165, 1.54) is 0 Å². The standard InChI is InChI=1S/C5H11O3Si.H3N/c1-3-5(4-2)8-9(6)7;/h5H,3-4H2,1-2H3;1H3/q-1;/p+1. The lowest BCUT2D eigenvalue weighted by Gasteiger charge is -2.17. The van der Waals surface area contributed by atoms with Crippen molar-refractivity contribution in [3.8, 4) is 0 Å². The third-order valence-electron chi connectivity index (χ3n) is 1.17. The van der Waals surface area contributed by atoms with Gasteiger partial charge < -0.3 is 19.8 Å². The molecule has 0 aromatic carbocycles. The Morgan fingerprint density at radius 2 is 1.90 bits per heavy atom. The van der Waals surface area contributed by atoms with E-state index in [9.17, 15) is 9.26 Å². The van der Waals surface area contributed by atoms with Crippen molar-refractivity contribution >= 4 is 9.17 Å². The molecule has 62 valence electrons. The molecule has 0 aliphatic rings. The molecule has 0 atom stereocenters. The van der Waals surface area contributed by atoms with E-state index in [2.05, 4.69) is 4.43 Å². The van der Waals surface area contributed by atoms with E-state index in [0.29, 0.717) is 0 Å². The molecule has 4 nitrogen and oxygen atoms in total. The number of hydrogen-bond acceptors (Lipinski definition) is 3. The lowest BCUT2D eigenvalue weighted by atomic mass is 10.2. The van der Waals surface area contributed by atoms with Crippen LogP contribution in [0.25, 0.3) is 0 Å². The molecule has 0 spiro atoms. The summed E-state index contributed by atoms with van der Waals surface area (Å²) in [7, 11) is -2.96. The molecule has 0 aromatic heterocycles. The molecule has 0 aliphatic heterocycles. The smallest absolute Gasteiger partial charge is 0.413 e. The SMILES string of the molecule is CCC(CC)O[Si](=O)[O-].[NH4+]. The van der Waals surface area contributed by atoms with Crippen molar-refractivity contribution in [1.29, 1.82) is 0 Å². The third-order valence-corrected chi connectivity index (χ3v) is 1.70. The Kier molecular flexibility index (Phi) is 8.21. The van der Waals surface area contributed by atoms with Crippen LogP contribution in [0.5, 0.6) is 0 Å². The van der Waals surface area contributed by atoms with Crippen LogP contribution in [0.15, 0.2) is 0 Å². The first kappa shape index (κ1) is 12.3. The molecule has 0 saturated heterocycles. The van der Waals surface area contributed by atoms with Gasteiger partial charge in [-0.25, -0.2) is 0 Å². The van der Waals surface area contributed by atoms with Gasteiger partial charge in [0.05, 0.1) is 0 Å².